The standard InChI is InChI=1S/C16H6F5NO2S/c17-8-3-7(6-22)4-9(5-8)24-10-1-2-11-13(12(10)15(18)19)14(23)16(20,21)25-11/h1-5,15H. The van der Waals surface area contributed by atoms with E-state index in [1.807, 2.05) is 0 Å². The van der Waals surface area contributed by atoms with Crippen LogP contribution in [0.2, 0.25) is 0 Å². The number of ether oxygens (including phenoxy) is 1. The van der Waals surface area contributed by atoms with Crippen LogP contribution in [0.1, 0.15) is 27.9 Å². The minimum absolute atomic E-state index is 0.118. The molecule has 0 radical (unpaired) electrons. The quantitative estimate of drug-likeness (QED) is 0.687. The molecular formula is C16H6F5NO2S. The highest BCUT2D eigenvalue weighted by Crippen LogP contribution is 2.51. The van der Waals surface area contributed by atoms with Gasteiger partial charge < -0.3 is 4.74 Å². The summed E-state index contributed by atoms with van der Waals surface area (Å²) in [6.07, 6.45) is -3.27. The van der Waals surface area contributed by atoms with Crippen LogP contribution >= 0.6 is 11.8 Å². The maximum Gasteiger partial charge on any atom is 0.360 e. The third-order valence-corrected chi connectivity index (χ3v) is 4.35. The van der Waals surface area contributed by atoms with Gasteiger partial charge in [0.1, 0.15) is 17.3 Å². The van der Waals surface area contributed by atoms with Crippen LogP contribution < -0.4 is 4.74 Å². The zero-order valence-electron chi connectivity index (χ0n) is 12.0. The number of benzene rings is 2. The summed E-state index contributed by atoms with van der Waals surface area (Å²) in [5.74, 6) is -3.41. The summed E-state index contributed by atoms with van der Waals surface area (Å²) in [5, 5.41) is 4.96. The van der Waals surface area contributed by atoms with E-state index in [0.29, 0.717) is 0 Å². The topological polar surface area (TPSA) is 50.1 Å². The highest BCUT2D eigenvalue weighted by Gasteiger charge is 2.50. The van der Waals surface area contributed by atoms with Gasteiger partial charge in [-0.3, -0.25) is 4.79 Å². The molecule has 0 spiro atoms. The first-order valence-corrected chi connectivity index (χ1v) is 7.50. The normalized spacial score (nSPS) is 15.2. The lowest BCUT2D eigenvalue weighted by Gasteiger charge is -2.14. The van der Waals surface area contributed by atoms with E-state index in [-0.39, 0.29) is 28.0 Å². The first-order chi connectivity index (χ1) is 11.7. The highest BCUT2D eigenvalue weighted by molar-refractivity contribution is 8.01. The van der Waals surface area contributed by atoms with E-state index in [2.05, 4.69) is 0 Å². The second-order valence-electron chi connectivity index (χ2n) is 4.99. The van der Waals surface area contributed by atoms with Crippen molar-refractivity contribution in [2.45, 2.75) is 16.6 Å². The van der Waals surface area contributed by atoms with Gasteiger partial charge in [-0.2, -0.15) is 14.0 Å². The molecule has 0 amide bonds. The minimum Gasteiger partial charge on any atom is -0.457 e. The molecule has 128 valence electrons. The number of halogens is 5. The van der Waals surface area contributed by atoms with E-state index >= 15 is 0 Å². The summed E-state index contributed by atoms with van der Waals surface area (Å²) in [7, 11) is 0. The molecule has 0 atom stereocenters. The van der Waals surface area contributed by atoms with Crippen molar-refractivity contribution >= 4 is 17.5 Å². The van der Waals surface area contributed by atoms with Gasteiger partial charge in [-0.25, -0.2) is 13.2 Å². The van der Waals surface area contributed by atoms with Crippen LogP contribution in [-0.2, 0) is 0 Å². The monoisotopic (exact) mass is 371 g/mol. The number of alkyl halides is 4. The van der Waals surface area contributed by atoms with Crippen molar-refractivity contribution in [3.63, 3.8) is 0 Å². The lowest BCUT2D eigenvalue weighted by molar-refractivity contribution is 0.0574. The fourth-order valence-corrected chi connectivity index (χ4v) is 3.26. The zero-order valence-corrected chi connectivity index (χ0v) is 12.8. The number of ketones is 1. The Kier molecular flexibility index (Phi) is 4.16. The Bertz CT molecular complexity index is 923. The van der Waals surface area contributed by atoms with Gasteiger partial charge in [0.05, 0.1) is 22.8 Å². The Labute approximate surface area is 142 Å². The number of thioether (sulfide) groups is 1. The summed E-state index contributed by atoms with van der Waals surface area (Å²) in [6, 6.07) is 6.57. The van der Waals surface area contributed by atoms with E-state index < -0.39 is 40.2 Å². The maximum atomic E-state index is 13.5. The first-order valence-electron chi connectivity index (χ1n) is 6.68. The lowest BCUT2D eigenvalue weighted by Crippen LogP contribution is -2.19. The van der Waals surface area contributed by atoms with Crippen molar-refractivity contribution in [1.29, 1.82) is 5.26 Å². The number of carbonyl (C=O) groups excluding carboxylic acids is 1. The molecule has 0 bridgehead atoms. The molecule has 0 saturated carbocycles. The molecule has 2 aromatic carbocycles. The number of carbonyl (C=O) groups is 1. The van der Waals surface area contributed by atoms with E-state index in [9.17, 15) is 26.7 Å². The smallest absolute Gasteiger partial charge is 0.360 e. The molecule has 3 nitrogen and oxygen atoms in total. The average molecular weight is 371 g/mol. The minimum atomic E-state index is -3.84. The Morgan fingerprint density at radius 3 is 2.56 bits per heavy atom. The van der Waals surface area contributed by atoms with Gasteiger partial charge in [0.2, 0.25) is 5.78 Å². The largest absolute Gasteiger partial charge is 0.457 e. The fourth-order valence-electron chi connectivity index (χ4n) is 2.35. The molecular weight excluding hydrogens is 365 g/mol. The van der Waals surface area contributed by atoms with Crippen molar-refractivity contribution in [1.82, 2.24) is 0 Å². The van der Waals surface area contributed by atoms with Crippen molar-refractivity contribution in [2.75, 3.05) is 0 Å². The van der Waals surface area contributed by atoms with Crippen LogP contribution in [0.3, 0.4) is 0 Å². The average Bonchev–Trinajstić information content (AvgIpc) is 2.76. The summed E-state index contributed by atoms with van der Waals surface area (Å²) < 4.78 is 72.5. The summed E-state index contributed by atoms with van der Waals surface area (Å²) in [5.41, 5.74) is -1.91. The first kappa shape index (κ1) is 17.2. The maximum absolute atomic E-state index is 13.5. The molecule has 1 aliphatic rings. The predicted octanol–water partition coefficient (Wildman–Crippen LogP) is 5.31. The molecule has 0 aromatic heterocycles. The van der Waals surface area contributed by atoms with Crippen LogP contribution in [0.5, 0.6) is 11.5 Å². The van der Waals surface area contributed by atoms with Gasteiger partial charge in [0, 0.05) is 11.0 Å². The number of fused-ring (bicyclic) bond motifs is 1. The zero-order chi connectivity index (χ0) is 18.4. The van der Waals surface area contributed by atoms with Crippen LogP contribution in [0.25, 0.3) is 0 Å². The van der Waals surface area contributed by atoms with Crippen LogP contribution in [0, 0.1) is 17.1 Å². The van der Waals surface area contributed by atoms with Crippen LogP contribution in [0.4, 0.5) is 22.0 Å². The van der Waals surface area contributed by atoms with Crippen LogP contribution in [0.15, 0.2) is 35.2 Å². The Hall–Kier alpha value is -2.60. The molecule has 0 aliphatic carbocycles. The molecule has 0 saturated heterocycles. The predicted molar refractivity (Wildman–Crippen MR) is 77.7 cm³/mol. The Balaban J connectivity index is 2.11. The van der Waals surface area contributed by atoms with Crippen molar-refractivity contribution < 1.29 is 31.5 Å². The fraction of sp³-hybridized carbons (Fsp3) is 0.125. The third kappa shape index (κ3) is 3.05. The molecule has 25 heavy (non-hydrogen) atoms. The number of nitriles is 1. The van der Waals surface area contributed by atoms with Gasteiger partial charge in [-0.15, -0.1) is 0 Å². The third-order valence-electron chi connectivity index (χ3n) is 3.34. The lowest BCUT2D eigenvalue weighted by atomic mass is 10.0. The van der Waals surface area contributed by atoms with E-state index in [1.165, 1.54) is 0 Å². The van der Waals surface area contributed by atoms with Crippen molar-refractivity contribution in [2.24, 2.45) is 0 Å². The number of nitrogens with zero attached hydrogens (tertiary/aromatic N) is 1. The molecule has 2 aromatic rings. The van der Waals surface area contributed by atoms with E-state index in [1.54, 1.807) is 6.07 Å². The molecule has 0 unspecified atom stereocenters. The van der Waals surface area contributed by atoms with Gasteiger partial charge in [-0.05, 0) is 36.0 Å². The summed E-state index contributed by atoms with van der Waals surface area (Å²) >= 11 is -0.118. The van der Waals surface area contributed by atoms with Crippen molar-refractivity contribution in [3.05, 3.63) is 52.8 Å². The number of rotatable bonds is 3. The molecule has 9 heteroatoms. The van der Waals surface area contributed by atoms with Crippen molar-refractivity contribution in [3.8, 4) is 17.6 Å². The summed E-state index contributed by atoms with van der Waals surface area (Å²) in [4.78, 5) is 11.5. The van der Waals surface area contributed by atoms with Gasteiger partial charge >= 0.3 is 5.25 Å². The molecule has 3 rings (SSSR count). The molecule has 1 aliphatic heterocycles. The van der Waals surface area contributed by atoms with Gasteiger partial charge in [0.25, 0.3) is 6.43 Å². The SMILES string of the molecule is N#Cc1cc(F)cc(Oc2ccc3c(c2C(F)F)C(=O)C(F)(F)S3)c1. The Morgan fingerprint density at radius 2 is 1.92 bits per heavy atom. The number of Topliss-reactive ketones (excluding diaryl/α,β-unsaturated/α-hetero) is 1. The van der Waals surface area contributed by atoms with Crippen LogP contribution in [-0.4, -0.2) is 11.0 Å². The number of hydrogen-bond donors (Lipinski definition) is 0. The van der Waals surface area contributed by atoms with E-state index in [0.717, 1.165) is 30.3 Å². The highest BCUT2D eigenvalue weighted by atomic mass is 32.2. The number of hydrogen-bond acceptors (Lipinski definition) is 4. The van der Waals surface area contributed by atoms with Gasteiger partial charge in [-0.1, -0.05) is 0 Å². The molecule has 0 fully saturated rings. The second-order valence-corrected chi connectivity index (χ2v) is 6.15. The summed E-state index contributed by atoms with van der Waals surface area (Å²) in [6.45, 7) is 0. The van der Waals surface area contributed by atoms with E-state index in [4.69, 9.17) is 10.00 Å². The van der Waals surface area contributed by atoms with Gasteiger partial charge in [0.15, 0.2) is 0 Å². The molecule has 1 heterocycles. The second kappa shape index (κ2) is 6.04. The Morgan fingerprint density at radius 1 is 1.20 bits per heavy atom. The molecule has 0 N–H and O–H groups in total.